The van der Waals surface area contributed by atoms with Gasteiger partial charge in [-0.3, -0.25) is 10.5 Å². The van der Waals surface area contributed by atoms with Crippen molar-refractivity contribution in [2.24, 2.45) is 5.84 Å². The second-order valence-electron chi connectivity index (χ2n) is 4.28. The van der Waals surface area contributed by atoms with Crippen molar-refractivity contribution >= 4 is 34.6 Å². The normalized spacial score (nSPS) is 19.3. The average molecular weight is 265 g/mol. The molecule has 3 heterocycles. The molecule has 2 aromatic heterocycles. The lowest BCUT2D eigenvalue weighted by Crippen LogP contribution is -2.32. The van der Waals surface area contributed by atoms with E-state index in [1.807, 2.05) is 11.8 Å². The van der Waals surface area contributed by atoms with Crippen molar-refractivity contribution in [1.82, 2.24) is 20.2 Å². The molecule has 0 saturated carbocycles. The molecular weight excluding hydrogens is 250 g/mol. The third-order valence-corrected chi connectivity index (χ3v) is 4.35. The molecule has 0 radical (unpaired) electrons. The molecule has 1 fully saturated rings. The minimum atomic E-state index is 0.402. The Morgan fingerprint density at radius 1 is 1.56 bits per heavy atom. The molecule has 0 aliphatic carbocycles. The maximum Gasteiger partial charge on any atom is 0.241 e. The Morgan fingerprint density at radius 3 is 3.17 bits per heavy atom. The number of rotatable bonds is 3. The Kier molecular flexibility index (Phi) is 2.96. The van der Waals surface area contributed by atoms with Gasteiger partial charge in [0, 0.05) is 18.8 Å². The number of hydrazine groups is 1. The van der Waals surface area contributed by atoms with Gasteiger partial charge in [0.1, 0.15) is 5.82 Å². The van der Waals surface area contributed by atoms with Crippen LogP contribution in [0.2, 0.25) is 0 Å². The molecule has 1 saturated heterocycles. The Balaban J connectivity index is 2.05. The molecule has 4 N–H and O–H groups in total. The van der Waals surface area contributed by atoms with E-state index in [0.29, 0.717) is 17.6 Å². The number of thioether (sulfide) groups is 1. The number of nitrogen functional groups attached to an aromatic ring is 1. The fourth-order valence-electron chi connectivity index (χ4n) is 2.15. The molecule has 1 unspecified atom stereocenters. The summed E-state index contributed by atoms with van der Waals surface area (Å²) in [6, 6.07) is 0.508. The van der Waals surface area contributed by atoms with Gasteiger partial charge >= 0.3 is 0 Å². The summed E-state index contributed by atoms with van der Waals surface area (Å²) in [5.41, 5.74) is 3.19. The summed E-state index contributed by atoms with van der Waals surface area (Å²) < 4.78 is 0. The molecule has 0 bridgehead atoms. The molecular formula is C10H15N7S. The van der Waals surface area contributed by atoms with Crippen LogP contribution < -0.4 is 16.2 Å². The predicted octanol–water partition coefficient (Wildman–Crippen LogP) is 0.580. The number of hydrogen-bond acceptors (Lipinski definition) is 7. The number of H-pyrrole nitrogens is 1. The highest BCUT2D eigenvalue weighted by Gasteiger charge is 2.23. The highest BCUT2D eigenvalue weighted by atomic mass is 32.2. The SMILES string of the molecule is CN(c1nc(NN)nc2[nH]ncc12)C1CCSC1. The maximum absolute atomic E-state index is 5.40. The summed E-state index contributed by atoms with van der Waals surface area (Å²) in [5, 5.41) is 7.79. The molecule has 1 atom stereocenters. The van der Waals surface area contributed by atoms with Crippen LogP contribution in [0.5, 0.6) is 0 Å². The lowest BCUT2D eigenvalue weighted by molar-refractivity contribution is 0.694. The molecule has 8 heteroatoms. The van der Waals surface area contributed by atoms with Gasteiger partial charge in [-0.1, -0.05) is 0 Å². The lowest BCUT2D eigenvalue weighted by Gasteiger charge is -2.25. The van der Waals surface area contributed by atoms with Gasteiger partial charge in [-0.15, -0.1) is 0 Å². The van der Waals surface area contributed by atoms with E-state index < -0.39 is 0 Å². The van der Waals surface area contributed by atoms with Crippen molar-refractivity contribution < 1.29 is 0 Å². The van der Waals surface area contributed by atoms with Crippen LogP contribution in [0.1, 0.15) is 6.42 Å². The molecule has 0 amide bonds. The predicted molar refractivity (Wildman–Crippen MR) is 73.6 cm³/mol. The summed E-state index contributed by atoms with van der Waals surface area (Å²) in [6.45, 7) is 0. The van der Waals surface area contributed by atoms with Crippen LogP contribution in [0.25, 0.3) is 11.0 Å². The van der Waals surface area contributed by atoms with Crippen molar-refractivity contribution in [3.8, 4) is 0 Å². The number of nitrogens with two attached hydrogens (primary N) is 1. The first kappa shape index (κ1) is 11.5. The van der Waals surface area contributed by atoms with Crippen LogP contribution in [0.4, 0.5) is 11.8 Å². The Morgan fingerprint density at radius 2 is 2.44 bits per heavy atom. The number of nitrogens with zero attached hydrogens (tertiary/aromatic N) is 4. The van der Waals surface area contributed by atoms with Gasteiger partial charge in [-0.2, -0.15) is 26.8 Å². The van der Waals surface area contributed by atoms with E-state index in [4.69, 9.17) is 5.84 Å². The highest BCUT2D eigenvalue weighted by Crippen LogP contribution is 2.29. The largest absolute Gasteiger partial charge is 0.355 e. The van der Waals surface area contributed by atoms with Crippen LogP contribution in [-0.4, -0.2) is 44.8 Å². The zero-order valence-electron chi connectivity index (χ0n) is 10.1. The van der Waals surface area contributed by atoms with E-state index >= 15 is 0 Å². The zero-order chi connectivity index (χ0) is 12.5. The summed E-state index contributed by atoms with van der Waals surface area (Å²) in [7, 11) is 2.06. The highest BCUT2D eigenvalue weighted by molar-refractivity contribution is 7.99. The van der Waals surface area contributed by atoms with Gasteiger partial charge in [0.15, 0.2) is 5.65 Å². The molecule has 1 aliphatic rings. The smallest absolute Gasteiger partial charge is 0.241 e. The van der Waals surface area contributed by atoms with E-state index in [2.05, 4.69) is 37.5 Å². The van der Waals surface area contributed by atoms with Crippen molar-refractivity contribution in [1.29, 1.82) is 0 Å². The van der Waals surface area contributed by atoms with Crippen LogP contribution in [0.3, 0.4) is 0 Å². The topological polar surface area (TPSA) is 95.8 Å². The van der Waals surface area contributed by atoms with Crippen molar-refractivity contribution in [2.45, 2.75) is 12.5 Å². The van der Waals surface area contributed by atoms with Crippen LogP contribution >= 0.6 is 11.8 Å². The van der Waals surface area contributed by atoms with Crippen LogP contribution in [0.15, 0.2) is 6.20 Å². The number of hydrogen-bond donors (Lipinski definition) is 3. The van der Waals surface area contributed by atoms with E-state index in [1.165, 1.54) is 12.2 Å². The molecule has 96 valence electrons. The molecule has 0 aromatic carbocycles. The van der Waals surface area contributed by atoms with Crippen LogP contribution in [-0.2, 0) is 0 Å². The molecule has 1 aliphatic heterocycles. The molecule has 0 spiro atoms. The summed E-state index contributed by atoms with van der Waals surface area (Å²) in [5.74, 6) is 9.01. The molecule has 7 nitrogen and oxygen atoms in total. The lowest BCUT2D eigenvalue weighted by atomic mass is 10.2. The Hall–Kier alpha value is -1.54. The minimum Gasteiger partial charge on any atom is -0.355 e. The fraction of sp³-hybridized carbons (Fsp3) is 0.500. The van der Waals surface area contributed by atoms with Gasteiger partial charge in [-0.25, -0.2) is 5.84 Å². The summed E-state index contributed by atoms with van der Waals surface area (Å²) >= 11 is 1.97. The number of aromatic nitrogens is 4. The first-order valence-electron chi connectivity index (χ1n) is 5.78. The second-order valence-corrected chi connectivity index (χ2v) is 5.43. The van der Waals surface area contributed by atoms with Gasteiger partial charge < -0.3 is 4.90 Å². The van der Waals surface area contributed by atoms with Crippen LogP contribution in [0, 0.1) is 0 Å². The van der Waals surface area contributed by atoms with Gasteiger partial charge in [0.25, 0.3) is 0 Å². The molecule has 2 aromatic rings. The minimum absolute atomic E-state index is 0.402. The van der Waals surface area contributed by atoms with Gasteiger partial charge in [0.05, 0.1) is 11.6 Å². The Labute approximate surface area is 109 Å². The van der Waals surface area contributed by atoms with Crippen molar-refractivity contribution in [3.05, 3.63) is 6.20 Å². The monoisotopic (exact) mass is 265 g/mol. The Bertz CT molecular complexity index is 548. The number of nitrogens with one attached hydrogen (secondary N) is 2. The number of fused-ring (bicyclic) bond motifs is 1. The summed E-state index contributed by atoms with van der Waals surface area (Å²) in [6.07, 6.45) is 2.93. The standard InChI is InChI=1S/C10H15N7S/c1-17(6-2-3-18-5-6)9-7-4-12-16-8(7)13-10(14-9)15-11/h4,6H,2-3,5,11H2,1H3,(H2,12,13,14,15,16). The third-order valence-electron chi connectivity index (χ3n) is 3.21. The summed E-state index contributed by atoms with van der Waals surface area (Å²) in [4.78, 5) is 10.9. The third kappa shape index (κ3) is 1.87. The first-order chi connectivity index (χ1) is 8.79. The van der Waals surface area contributed by atoms with Gasteiger partial charge in [-0.05, 0) is 12.2 Å². The zero-order valence-corrected chi connectivity index (χ0v) is 10.9. The molecule has 3 rings (SSSR count). The number of aromatic amines is 1. The fourth-order valence-corrected chi connectivity index (χ4v) is 3.42. The van der Waals surface area contributed by atoms with E-state index in [-0.39, 0.29) is 0 Å². The molecule has 18 heavy (non-hydrogen) atoms. The maximum atomic E-state index is 5.40. The van der Waals surface area contributed by atoms with E-state index in [0.717, 1.165) is 17.0 Å². The average Bonchev–Trinajstić information content (AvgIpc) is 3.07. The van der Waals surface area contributed by atoms with Gasteiger partial charge in [0.2, 0.25) is 5.95 Å². The quantitative estimate of drug-likeness (QED) is 0.552. The first-order valence-corrected chi connectivity index (χ1v) is 6.93. The number of anilines is 2. The second kappa shape index (κ2) is 4.62. The van der Waals surface area contributed by atoms with E-state index in [1.54, 1.807) is 6.20 Å². The van der Waals surface area contributed by atoms with E-state index in [9.17, 15) is 0 Å². The van der Waals surface area contributed by atoms with Crippen molar-refractivity contribution in [3.63, 3.8) is 0 Å². The van der Waals surface area contributed by atoms with Crippen molar-refractivity contribution in [2.75, 3.05) is 28.9 Å².